The largest absolute Gasteiger partial charge is 0.406 e. The maximum absolute atomic E-state index is 12.7. The van der Waals surface area contributed by atoms with Crippen molar-refractivity contribution < 1.29 is 27.6 Å². The van der Waals surface area contributed by atoms with E-state index in [1.807, 2.05) is 24.3 Å². The zero-order valence-electron chi connectivity index (χ0n) is 17.8. The summed E-state index contributed by atoms with van der Waals surface area (Å²) in [5, 5.41) is 0. The number of fused-ring (bicyclic) bond motifs is 1. The fourth-order valence-corrected chi connectivity index (χ4v) is 4.38. The number of hydrogen-bond donors (Lipinski definition) is 0. The van der Waals surface area contributed by atoms with Crippen molar-refractivity contribution in [3.8, 4) is 11.1 Å². The number of alkyl halides is 3. The molecule has 0 bridgehead atoms. The van der Waals surface area contributed by atoms with Gasteiger partial charge in [-0.1, -0.05) is 30.3 Å². The van der Waals surface area contributed by atoms with Crippen LogP contribution in [0.25, 0.3) is 11.1 Å². The van der Waals surface area contributed by atoms with Gasteiger partial charge in [0, 0.05) is 25.2 Å². The molecule has 33 heavy (non-hydrogen) atoms. The van der Waals surface area contributed by atoms with Crippen LogP contribution in [0.15, 0.2) is 42.5 Å². The molecule has 3 aliphatic rings. The van der Waals surface area contributed by atoms with Gasteiger partial charge in [0.15, 0.2) is 0 Å². The minimum Gasteiger partial charge on any atom is -0.325 e. The number of rotatable bonds is 6. The molecule has 0 unspecified atom stereocenters. The third-order valence-electron chi connectivity index (χ3n) is 6.28. The summed E-state index contributed by atoms with van der Waals surface area (Å²) in [5.41, 5.74) is 3.39. The molecular formula is C24H22F3N3O3. The molecule has 1 saturated carbocycles. The van der Waals surface area contributed by atoms with E-state index in [9.17, 15) is 27.6 Å². The van der Waals surface area contributed by atoms with Gasteiger partial charge in [0.25, 0.3) is 5.91 Å². The molecule has 1 aliphatic carbocycles. The van der Waals surface area contributed by atoms with E-state index in [1.54, 1.807) is 18.2 Å². The fourth-order valence-electron chi connectivity index (χ4n) is 4.38. The Bertz CT molecular complexity index is 1130. The van der Waals surface area contributed by atoms with Gasteiger partial charge in [-0.25, -0.2) is 4.79 Å². The molecule has 0 radical (unpaired) electrons. The second-order valence-electron chi connectivity index (χ2n) is 8.93. The summed E-state index contributed by atoms with van der Waals surface area (Å²) >= 11 is 0. The zero-order valence-corrected chi connectivity index (χ0v) is 17.8. The van der Waals surface area contributed by atoms with Crippen molar-refractivity contribution in [3.63, 3.8) is 0 Å². The number of imide groups is 1. The molecule has 0 atom stereocenters. The molecule has 172 valence electrons. The molecule has 4 amide bonds. The average molecular weight is 457 g/mol. The van der Waals surface area contributed by atoms with Gasteiger partial charge in [0.1, 0.15) is 13.1 Å². The summed E-state index contributed by atoms with van der Waals surface area (Å²) in [5.74, 6) is -0.319. The molecular weight excluding hydrogens is 435 g/mol. The first-order chi connectivity index (χ1) is 15.7. The van der Waals surface area contributed by atoms with Crippen molar-refractivity contribution >= 4 is 17.8 Å². The predicted molar refractivity (Wildman–Crippen MR) is 113 cm³/mol. The highest BCUT2D eigenvalue weighted by Gasteiger charge is 2.39. The highest BCUT2D eigenvalue weighted by Crippen LogP contribution is 2.32. The molecule has 2 fully saturated rings. The Kier molecular flexibility index (Phi) is 5.14. The van der Waals surface area contributed by atoms with E-state index in [0.29, 0.717) is 30.1 Å². The molecule has 2 aromatic carbocycles. The zero-order chi connectivity index (χ0) is 23.3. The van der Waals surface area contributed by atoms with Crippen LogP contribution in [-0.4, -0.2) is 58.4 Å². The standard InChI is InChI=1S/C24H22F3N3O3/c25-24(26,27)14-29-12-19-9-18(7-8-20(19)22(29)32)17-5-3-15(4-6-17)10-28-13-21(31)30(23(28)33)11-16-1-2-16/h3-9,16H,1-2,10-14H2. The van der Waals surface area contributed by atoms with Crippen LogP contribution in [0, 0.1) is 5.92 Å². The molecule has 9 heteroatoms. The van der Waals surface area contributed by atoms with Crippen LogP contribution in [-0.2, 0) is 17.9 Å². The molecule has 2 aromatic rings. The van der Waals surface area contributed by atoms with Crippen molar-refractivity contribution in [2.75, 3.05) is 19.6 Å². The Morgan fingerprint density at radius 1 is 0.879 bits per heavy atom. The van der Waals surface area contributed by atoms with Crippen molar-refractivity contribution in [1.82, 2.24) is 14.7 Å². The van der Waals surface area contributed by atoms with Gasteiger partial charge in [-0.15, -0.1) is 0 Å². The molecule has 1 saturated heterocycles. The minimum atomic E-state index is -4.44. The molecule has 6 nitrogen and oxygen atoms in total. The third-order valence-corrected chi connectivity index (χ3v) is 6.28. The van der Waals surface area contributed by atoms with Gasteiger partial charge in [-0.3, -0.25) is 14.5 Å². The van der Waals surface area contributed by atoms with E-state index in [0.717, 1.165) is 34.4 Å². The number of halogens is 3. The Balaban J connectivity index is 1.26. The van der Waals surface area contributed by atoms with Gasteiger partial charge in [-0.2, -0.15) is 13.2 Å². The first-order valence-electron chi connectivity index (χ1n) is 10.9. The van der Waals surface area contributed by atoms with Gasteiger partial charge < -0.3 is 9.80 Å². The van der Waals surface area contributed by atoms with E-state index in [-0.39, 0.29) is 25.0 Å². The summed E-state index contributed by atoms with van der Waals surface area (Å²) < 4.78 is 38.2. The van der Waals surface area contributed by atoms with Crippen LogP contribution in [0.3, 0.4) is 0 Å². The summed E-state index contributed by atoms with van der Waals surface area (Å²) in [4.78, 5) is 40.6. The Hall–Kier alpha value is -3.36. The summed E-state index contributed by atoms with van der Waals surface area (Å²) in [6.07, 6.45) is -2.31. The van der Waals surface area contributed by atoms with Crippen molar-refractivity contribution in [2.45, 2.75) is 32.1 Å². The lowest BCUT2D eigenvalue weighted by Crippen LogP contribution is -2.34. The third kappa shape index (κ3) is 4.44. The van der Waals surface area contributed by atoms with Crippen LogP contribution in [0.5, 0.6) is 0 Å². The van der Waals surface area contributed by atoms with E-state index in [2.05, 4.69) is 0 Å². The lowest BCUT2D eigenvalue weighted by atomic mass is 9.99. The van der Waals surface area contributed by atoms with Gasteiger partial charge in [0.2, 0.25) is 5.91 Å². The fraction of sp³-hybridized carbons (Fsp3) is 0.375. The first kappa shape index (κ1) is 21.5. The van der Waals surface area contributed by atoms with Crippen molar-refractivity contribution in [1.29, 1.82) is 0 Å². The lowest BCUT2D eigenvalue weighted by Gasteiger charge is -2.17. The lowest BCUT2D eigenvalue weighted by molar-refractivity contribution is -0.141. The number of hydrogen-bond acceptors (Lipinski definition) is 3. The number of carbonyl (C=O) groups is 3. The molecule has 0 spiro atoms. The van der Waals surface area contributed by atoms with Crippen LogP contribution in [0.1, 0.15) is 34.3 Å². The van der Waals surface area contributed by atoms with E-state index >= 15 is 0 Å². The van der Waals surface area contributed by atoms with Crippen LogP contribution < -0.4 is 0 Å². The smallest absolute Gasteiger partial charge is 0.325 e. The second-order valence-corrected chi connectivity index (χ2v) is 8.93. The van der Waals surface area contributed by atoms with E-state index in [1.165, 1.54) is 9.80 Å². The Morgan fingerprint density at radius 3 is 2.24 bits per heavy atom. The van der Waals surface area contributed by atoms with Crippen LogP contribution >= 0.6 is 0 Å². The van der Waals surface area contributed by atoms with E-state index in [4.69, 9.17) is 0 Å². The Morgan fingerprint density at radius 2 is 1.58 bits per heavy atom. The summed E-state index contributed by atoms with van der Waals surface area (Å²) in [7, 11) is 0. The quantitative estimate of drug-likeness (QED) is 0.615. The highest BCUT2D eigenvalue weighted by atomic mass is 19.4. The van der Waals surface area contributed by atoms with Gasteiger partial charge in [-0.05, 0) is 53.1 Å². The number of urea groups is 1. The summed E-state index contributed by atoms with van der Waals surface area (Å²) in [6.45, 7) is -0.408. The first-order valence-corrected chi connectivity index (χ1v) is 10.9. The Labute approximate surface area is 188 Å². The predicted octanol–water partition coefficient (Wildman–Crippen LogP) is 4.05. The molecule has 0 aromatic heterocycles. The van der Waals surface area contributed by atoms with Gasteiger partial charge in [0.05, 0.1) is 0 Å². The average Bonchev–Trinajstić information content (AvgIpc) is 3.49. The molecule has 5 rings (SSSR count). The number of nitrogens with zero attached hydrogens (tertiary/aromatic N) is 3. The molecule has 0 N–H and O–H groups in total. The van der Waals surface area contributed by atoms with Crippen LogP contribution in [0.2, 0.25) is 0 Å². The minimum absolute atomic E-state index is 0.0674. The van der Waals surface area contributed by atoms with Crippen molar-refractivity contribution in [2.24, 2.45) is 5.92 Å². The molecule has 2 aliphatic heterocycles. The van der Waals surface area contributed by atoms with E-state index < -0.39 is 18.6 Å². The molecule has 2 heterocycles. The van der Waals surface area contributed by atoms with Crippen molar-refractivity contribution in [3.05, 3.63) is 59.2 Å². The monoisotopic (exact) mass is 457 g/mol. The second kappa shape index (κ2) is 7.90. The number of amides is 4. The SMILES string of the molecule is O=C1c2ccc(-c3ccc(CN4CC(=O)N(CC5CC5)C4=O)cc3)cc2CN1CC(F)(F)F. The number of carbonyl (C=O) groups excluding carboxylic acids is 3. The maximum atomic E-state index is 12.7. The van der Waals surface area contributed by atoms with Gasteiger partial charge >= 0.3 is 12.2 Å². The normalized spacial score (nSPS) is 18.5. The number of benzene rings is 2. The topological polar surface area (TPSA) is 60.9 Å². The highest BCUT2D eigenvalue weighted by molar-refractivity contribution is 6.02. The summed E-state index contributed by atoms with van der Waals surface area (Å²) in [6, 6.07) is 12.3. The maximum Gasteiger partial charge on any atom is 0.406 e. The van der Waals surface area contributed by atoms with Crippen LogP contribution in [0.4, 0.5) is 18.0 Å².